The van der Waals surface area contributed by atoms with Crippen molar-refractivity contribution in [2.24, 2.45) is 10.8 Å². The molecule has 3 rings (SSSR count). The van der Waals surface area contributed by atoms with Gasteiger partial charge in [0.25, 0.3) is 0 Å². The van der Waals surface area contributed by atoms with E-state index in [-0.39, 0.29) is 45.1 Å². The average Bonchev–Trinajstić information content (AvgIpc) is 2.57. The third kappa shape index (κ3) is 4.38. The van der Waals surface area contributed by atoms with E-state index in [4.69, 9.17) is 0 Å². The number of carbonyl (C=O) groups is 2. The lowest BCUT2D eigenvalue weighted by molar-refractivity contribution is -0.119. The molecule has 0 heterocycles. The summed E-state index contributed by atoms with van der Waals surface area (Å²) >= 11 is 0. The zero-order valence-electron chi connectivity index (χ0n) is 19.0. The van der Waals surface area contributed by atoms with Gasteiger partial charge >= 0.3 is 0 Å². The van der Waals surface area contributed by atoms with Gasteiger partial charge in [-0.3, -0.25) is 9.59 Å². The molecule has 0 aromatic heterocycles. The quantitative estimate of drug-likeness (QED) is 0.611. The number of hydrogen-bond donors (Lipinski definition) is 2. The fourth-order valence-corrected chi connectivity index (χ4v) is 4.81. The Labute approximate surface area is 179 Å². The number of ketones is 2. The van der Waals surface area contributed by atoms with Crippen molar-refractivity contribution in [3.63, 3.8) is 0 Å². The van der Waals surface area contributed by atoms with E-state index in [0.29, 0.717) is 31.6 Å². The molecule has 0 saturated heterocycles. The first-order chi connectivity index (χ1) is 13.8. The van der Waals surface area contributed by atoms with Crippen LogP contribution >= 0.6 is 0 Å². The Bertz CT molecular complexity index is 874. The highest BCUT2D eigenvalue weighted by Crippen LogP contribution is 2.47. The second kappa shape index (κ2) is 7.72. The predicted molar refractivity (Wildman–Crippen MR) is 119 cm³/mol. The van der Waals surface area contributed by atoms with Gasteiger partial charge < -0.3 is 10.2 Å². The van der Waals surface area contributed by atoms with Crippen molar-refractivity contribution in [1.82, 2.24) is 0 Å². The molecule has 0 fully saturated rings. The average molecular weight is 411 g/mol. The van der Waals surface area contributed by atoms with Crippen LogP contribution in [0.4, 0.5) is 0 Å². The molecule has 0 unspecified atom stereocenters. The van der Waals surface area contributed by atoms with Gasteiger partial charge in [0.15, 0.2) is 11.6 Å². The van der Waals surface area contributed by atoms with Crippen LogP contribution in [0, 0.1) is 10.8 Å². The Hall–Kier alpha value is -2.36. The maximum atomic E-state index is 13.2. The van der Waals surface area contributed by atoms with Gasteiger partial charge in [-0.05, 0) is 27.9 Å². The van der Waals surface area contributed by atoms with Crippen molar-refractivity contribution in [2.45, 2.75) is 79.1 Å². The molecule has 30 heavy (non-hydrogen) atoms. The fourth-order valence-electron chi connectivity index (χ4n) is 4.81. The van der Waals surface area contributed by atoms with Crippen LogP contribution in [0.5, 0.6) is 0 Å². The van der Waals surface area contributed by atoms with Crippen LogP contribution in [0.3, 0.4) is 0 Å². The molecule has 0 atom stereocenters. The maximum Gasteiger partial charge on any atom is 0.163 e. The summed E-state index contributed by atoms with van der Waals surface area (Å²) in [5.74, 6) is -0.621. The van der Waals surface area contributed by atoms with Crippen molar-refractivity contribution < 1.29 is 19.8 Å². The predicted octanol–water partition coefficient (Wildman–Crippen LogP) is 6.30. The molecule has 0 radical (unpaired) electrons. The van der Waals surface area contributed by atoms with Crippen molar-refractivity contribution >= 4 is 11.6 Å². The molecular formula is C26H34O4. The Kier molecular flexibility index (Phi) is 5.74. The monoisotopic (exact) mass is 410 g/mol. The standard InChI is InChI=1S/C26H34O4/c1-15(2)16-7-9-17(10-8-16)22(23-18(27)11-25(3,4)12-19(23)28)24-20(29)13-26(5,6)14-21(24)30/h7-10,15,22,27,29H,11-14H2,1-6H3. The highest BCUT2D eigenvalue weighted by atomic mass is 16.3. The van der Waals surface area contributed by atoms with Gasteiger partial charge in [0.1, 0.15) is 11.5 Å². The first-order valence-electron chi connectivity index (χ1n) is 10.8. The van der Waals surface area contributed by atoms with E-state index in [0.717, 1.165) is 11.1 Å². The van der Waals surface area contributed by atoms with Crippen LogP contribution in [-0.2, 0) is 9.59 Å². The van der Waals surface area contributed by atoms with Gasteiger partial charge in [-0.2, -0.15) is 0 Å². The minimum atomic E-state index is -0.738. The van der Waals surface area contributed by atoms with E-state index in [1.165, 1.54) is 0 Å². The molecule has 0 saturated carbocycles. The van der Waals surface area contributed by atoms with E-state index in [1.54, 1.807) is 0 Å². The van der Waals surface area contributed by atoms with Gasteiger partial charge in [0.05, 0.1) is 0 Å². The highest BCUT2D eigenvalue weighted by molar-refractivity contribution is 6.05. The van der Waals surface area contributed by atoms with Gasteiger partial charge in [-0.1, -0.05) is 65.8 Å². The maximum absolute atomic E-state index is 13.2. The number of aliphatic hydroxyl groups excluding tert-OH is 2. The van der Waals surface area contributed by atoms with Gasteiger partial charge in [0.2, 0.25) is 0 Å². The number of benzene rings is 1. The Morgan fingerprint density at radius 3 is 1.40 bits per heavy atom. The largest absolute Gasteiger partial charge is 0.512 e. The highest BCUT2D eigenvalue weighted by Gasteiger charge is 2.43. The smallest absolute Gasteiger partial charge is 0.163 e. The molecule has 0 bridgehead atoms. The number of allylic oxidation sites excluding steroid dienone is 4. The number of Topliss-reactive ketones (excluding diaryl/α,β-unsaturated/α-hetero) is 2. The summed E-state index contributed by atoms with van der Waals surface area (Å²) in [6, 6.07) is 7.83. The van der Waals surface area contributed by atoms with Crippen LogP contribution in [-0.4, -0.2) is 21.8 Å². The molecule has 0 amide bonds. The third-order valence-corrected chi connectivity index (χ3v) is 6.31. The van der Waals surface area contributed by atoms with Crippen molar-refractivity contribution in [1.29, 1.82) is 0 Å². The summed E-state index contributed by atoms with van der Waals surface area (Å²) in [5.41, 5.74) is 1.78. The van der Waals surface area contributed by atoms with E-state index >= 15 is 0 Å². The zero-order valence-corrected chi connectivity index (χ0v) is 19.0. The van der Waals surface area contributed by atoms with Gasteiger partial charge in [-0.25, -0.2) is 0 Å². The van der Waals surface area contributed by atoms with E-state index in [9.17, 15) is 19.8 Å². The molecule has 4 nitrogen and oxygen atoms in total. The first-order valence-corrected chi connectivity index (χ1v) is 10.8. The lowest BCUT2D eigenvalue weighted by Gasteiger charge is -2.36. The van der Waals surface area contributed by atoms with Crippen LogP contribution in [0.2, 0.25) is 0 Å². The SMILES string of the molecule is CC(C)c1ccc(C(C2=C(O)CC(C)(C)CC2=O)C2=C(O)CC(C)(C)CC2=O)cc1. The van der Waals surface area contributed by atoms with Crippen molar-refractivity contribution in [2.75, 3.05) is 0 Å². The molecule has 4 heteroatoms. The second-order valence-electron chi connectivity index (χ2n) is 10.9. The molecule has 162 valence electrons. The van der Waals surface area contributed by atoms with E-state index in [2.05, 4.69) is 13.8 Å². The number of rotatable bonds is 4. The van der Waals surface area contributed by atoms with Crippen molar-refractivity contribution in [3.8, 4) is 0 Å². The Morgan fingerprint density at radius 2 is 1.07 bits per heavy atom. The summed E-state index contributed by atoms with van der Waals surface area (Å²) in [5, 5.41) is 21.8. The minimum absolute atomic E-state index is 0.0344. The molecule has 2 aliphatic carbocycles. The van der Waals surface area contributed by atoms with Gasteiger partial charge in [0, 0.05) is 42.7 Å². The molecule has 1 aromatic rings. The van der Waals surface area contributed by atoms with Crippen LogP contribution in [0.25, 0.3) is 0 Å². The third-order valence-electron chi connectivity index (χ3n) is 6.31. The van der Waals surface area contributed by atoms with Crippen LogP contribution in [0.1, 0.15) is 90.2 Å². The van der Waals surface area contributed by atoms with E-state index in [1.807, 2.05) is 52.0 Å². The van der Waals surface area contributed by atoms with Crippen LogP contribution < -0.4 is 0 Å². The minimum Gasteiger partial charge on any atom is -0.512 e. The summed E-state index contributed by atoms with van der Waals surface area (Å²) in [7, 11) is 0. The molecule has 0 aliphatic heterocycles. The second-order valence-corrected chi connectivity index (χ2v) is 10.9. The number of hydrogen-bond acceptors (Lipinski definition) is 4. The topological polar surface area (TPSA) is 74.6 Å². The summed E-state index contributed by atoms with van der Waals surface area (Å²) in [4.78, 5) is 26.3. The number of aliphatic hydroxyl groups is 2. The molecular weight excluding hydrogens is 376 g/mol. The Morgan fingerprint density at radius 1 is 0.700 bits per heavy atom. The van der Waals surface area contributed by atoms with Crippen LogP contribution in [0.15, 0.2) is 46.9 Å². The molecule has 1 aromatic carbocycles. The lowest BCUT2D eigenvalue weighted by atomic mass is 9.67. The molecule has 2 aliphatic rings. The lowest BCUT2D eigenvalue weighted by Crippen LogP contribution is -2.33. The number of carbonyl (C=O) groups excluding carboxylic acids is 2. The molecule has 0 spiro atoms. The first kappa shape index (κ1) is 22.3. The Balaban J connectivity index is 2.20. The molecule has 2 N–H and O–H groups in total. The van der Waals surface area contributed by atoms with Crippen molar-refractivity contribution in [3.05, 3.63) is 58.1 Å². The fraction of sp³-hybridized carbons (Fsp3) is 0.538. The van der Waals surface area contributed by atoms with E-state index < -0.39 is 5.92 Å². The summed E-state index contributed by atoms with van der Waals surface area (Å²) in [6.07, 6.45) is 1.37. The summed E-state index contributed by atoms with van der Waals surface area (Å²) < 4.78 is 0. The van der Waals surface area contributed by atoms with Gasteiger partial charge in [-0.15, -0.1) is 0 Å². The zero-order chi connectivity index (χ0) is 22.4. The normalized spacial score (nSPS) is 21.7. The summed E-state index contributed by atoms with van der Waals surface area (Å²) in [6.45, 7) is 12.0.